The van der Waals surface area contributed by atoms with Crippen LogP contribution < -0.4 is 10.2 Å². The lowest BCUT2D eigenvalue weighted by Crippen LogP contribution is -2.08. The standard InChI is InChI=1S/C21H15NO4S/c1-12-19-16(23)10-15(18-4-3-9-27-18)11-17(20(19)13(2)25-12)26-21(24)14-5-7-22-8-6-14/h3-11H,1-2H3. The molecule has 0 amide bonds. The Morgan fingerprint density at radius 3 is 2.52 bits per heavy atom. The third-order valence-corrected chi connectivity index (χ3v) is 5.17. The Morgan fingerprint density at radius 2 is 1.81 bits per heavy atom. The van der Waals surface area contributed by atoms with E-state index in [-0.39, 0.29) is 5.43 Å². The second kappa shape index (κ2) is 6.81. The maximum absolute atomic E-state index is 12.8. The van der Waals surface area contributed by atoms with Gasteiger partial charge in [-0.3, -0.25) is 9.78 Å². The minimum Gasteiger partial charge on any atom is -0.465 e. The number of fused-ring (bicyclic) bond motifs is 1. The van der Waals surface area contributed by atoms with Crippen LogP contribution in [-0.4, -0.2) is 11.0 Å². The number of carbonyl (C=O) groups excluding carboxylic acids is 1. The normalized spacial score (nSPS) is 10.9. The molecule has 0 atom stereocenters. The van der Waals surface area contributed by atoms with Crippen LogP contribution in [-0.2, 0) is 0 Å². The molecule has 0 fully saturated rings. The first-order valence-corrected chi connectivity index (χ1v) is 9.16. The number of esters is 1. The van der Waals surface area contributed by atoms with Crippen molar-refractivity contribution in [3.05, 3.63) is 81.5 Å². The van der Waals surface area contributed by atoms with Crippen LogP contribution in [0.5, 0.6) is 5.75 Å². The van der Waals surface area contributed by atoms with Crippen molar-refractivity contribution in [2.45, 2.75) is 13.8 Å². The Labute approximate surface area is 158 Å². The summed E-state index contributed by atoms with van der Waals surface area (Å²) in [7, 11) is 0. The quantitative estimate of drug-likeness (QED) is 0.482. The molecule has 3 aromatic heterocycles. The summed E-state index contributed by atoms with van der Waals surface area (Å²) in [5, 5.41) is 2.87. The van der Waals surface area contributed by atoms with Gasteiger partial charge in [0.2, 0.25) is 0 Å². The fraction of sp³-hybridized carbons (Fsp3) is 0.0952. The van der Waals surface area contributed by atoms with Crippen LogP contribution in [0.2, 0.25) is 0 Å². The lowest BCUT2D eigenvalue weighted by molar-refractivity contribution is 0.0737. The molecular weight excluding hydrogens is 362 g/mol. The number of aromatic nitrogens is 1. The average molecular weight is 377 g/mol. The van der Waals surface area contributed by atoms with Crippen LogP contribution in [0.1, 0.15) is 21.9 Å². The Morgan fingerprint density at radius 1 is 1.07 bits per heavy atom. The minimum absolute atomic E-state index is 0.172. The van der Waals surface area contributed by atoms with E-state index in [4.69, 9.17) is 9.15 Å². The molecule has 6 heteroatoms. The predicted molar refractivity (Wildman–Crippen MR) is 104 cm³/mol. The zero-order valence-electron chi connectivity index (χ0n) is 14.7. The number of furan rings is 1. The first-order valence-electron chi connectivity index (χ1n) is 8.29. The van der Waals surface area contributed by atoms with Gasteiger partial charge in [-0.25, -0.2) is 4.79 Å². The van der Waals surface area contributed by atoms with E-state index in [1.165, 1.54) is 23.7 Å². The molecule has 0 radical (unpaired) electrons. The summed E-state index contributed by atoms with van der Waals surface area (Å²) in [4.78, 5) is 30.3. The van der Waals surface area contributed by atoms with Crippen LogP contribution in [0, 0.1) is 13.8 Å². The predicted octanol–water partition coefficient (Wildman–Crippen LogP) is 4.75. The summed E-state index contributed by atoms with van der Waals surface area (Å²) < 4.78 is 11.3. The monoisotopic (exact) mass is 377 g/mol. The van der Waals surface area contributed by atoms with E-state index in [1.807, 2.05) is 17.5 Å². The van der Waals surface area contributed by atoms with E-state index in [0.29, 0.717) is 39.2 Å². The van der Waals surface area contributed by atoms with E-state index in [0.717, 1.165) is 4.88 Å². The second-order valence-corrected chi connectivity index (χ2v) is 6.99. The number of hydrogen-bond donors (Lipinski definition) is 0. The van der Waals surface area contributed by atoms with Crippen LogP contribution in [0.15, 0.2) is 63.4 Å². The summed E-state index contributed by atoms with van der Waals surface area (Å²) >= 11 is 1.51. The molecule has 0 saturated carbocycles. The lowest BCUT2D eigenvalue weighted by atomic mass is 10.2. The van der Waals surface area contributed by atoms with E-state index < -0.39 is 5.97 Å². The molecule has 0 spiro atoms. The van der Waals surface area contributed by atoms with Crippen molar-refractivity contribution in [2.75, 3.05) is 0 Å². The largest absolute Gasteiger partial charge is 0.465 e. The maximum atomic E-state index is 12.8. The summed E-state index contributed by atoms with van der Waals surface area (Å²) in [5.74, 6) is 0.812. The molecule has 0 bridgehead atoms. The molecule has 134 valence electrons. The molecule has 0 aliphatic heterocycles. The van der Waals surface area contributed by atoms with Crippen molar-refractivity contribution in [3.8, 4) is 16.2 Å². The molecule has 4 rings (SSSR count). The molecule has 0 unspecified atom stereocenters. The van der Waals surface area contributed by atoms with Crippen LogP contribution in [0.25, 0.3) is 21.2 Å². The molecule has 0 aliphatic carbocycles. The molecule has 1 aromatic carbocycles. The van der Waals surface area contributed by atoms with Gasteiger partial charge in [0.1, 0.15) is 17.3 Å². The molecule has 0 saturated heterocycles. The molecule has 4 aromatic rings. The van der Waals surface area contributed by atoms with Gasteiger partial charge >= 0.3 is 5.97 Å². The molecular formula is C21H15NO4S. The van der Waals surface area contributed by atoms with E-state index >= 15 is 0 Å². The van der Waals surface area contributed by atoms with Crippen molar-refractivity contribution in [2.24, 2.45) is 0 Å². The number of hydrogen-bond acceptors (Lipinski definition) is 6. The molecule has 3 heterocycles. The fourth-order valence-electron chi connectivity index (χ4n) is 3.06. The third-order valence-electron chi connectivity index (χ3n) is 4.25. The molecule has 27 heavy (non-hydrogen) atoms. The average Bonchev–Trinajstić information content (AvgIpc) is 3.25. The summed E-state index contributed by atoms with van der Waals surface area (Å²) in [6, 6.07) is 10.3. The van der Waals surface area contributed by atoms with Gasteiger partial charge in [-0.15, -0.1) is 11.3 Å². The van der Waals surface area contributed by atoms with Gasteiger partial charge in [0.15, 0.2) is 5.43 Å². The van der Waals surface area contributed by atoms with E-state index in [1.54, 1.807) is 38.1 Å². The van der Waals surface area contributed by atoms with Crippen LogP contribution in [0.4, 0.5) is 0 Å². The van der Waals surface area contributed by atoms with Crippen molar-refractivity contribution in [1.82, 2.24) is 4.98 Å². The molecule has 0 aliphatic rings. The van der Waals surface area contributed by atoms with Crippen LogP contribution in [0.3, 0.4) is 0 Å². The maximum Gasteiger partial charge on any atom is 0.343 e. The zero-order valence-corrected chi connectivity index (χ0v) is 15.5. The number of ether oxygens (including phenoxy) is 1. The minimum atomic E-state index is -0.521. The van der Waals surface area contributed by atoms with Crippen molar-refractivity contribution in [3.63, 3.8) is 0 Å². The summed E-state index contributed by atoms with van der Waals surface area (Å²) in [5.41, 5.74) is 0.902. The van der Waals surface area contributed by atoms with Gasteiger partial charge in [-0.2, -0.15) is 0 Å². The Kier molecular flexibility index (Phi) is 4.33. The van der Waals surface area contributed by atoms with Gasteiger partial charge < -0.3 is 9.15 Å². The smallest absolute Gasteiger partial charge is 0.343 e. The zero-order chi connectivity index (χ0) is 19.0. The van der Waals surface area contributed by atoms with Gasteiger partial charge in [-0.05, 0) is 55.1 Å². The number of aryl methyl sites for hydroxylation is 2. The fourth-order valence-corrected chi connectivity index (χ4v) is 3.77. The number of pyridine rings is 1. The number of carbonyl (C=O) groups is 1. The van der Waals surface area contributed by atoms with Gasteiger partial charge in [0, 0.05) is 17.3 Å². The number of nitrogens with zero attached hydrogens (tertiary/aromatic N) is 1. The lowest BCUT2D eigenvalue weighted by Gasteiger charge is -2.05. The molecule has 0 N–H and O–H groups in total. The van der Waals surface area contributed by atoms with E-state index in [2.05, 4.69) is 4.98 Å². The summed E-state index contributed by atoms with van der Waals surface area (Å²) in [6.07, 6.45) is 3.05. The van der Waals surface area contributed by atoms with Gasteiger partial charge in [0.25, 0.3) is 0 Å². The van der Waals surface area contributed by atoms with Gasteiger partial charge in [-0.1, -0.05) is 6.07 Å². The molecule has 5 nitrogen and oxygen atoms in total. The second-order valence-electron chi connectivity index (χ2n) is 6.04. The topological polar surface area (TPSA) is 69.4 Å². The van der Waals surface area contributed by atoms with Crippen molar-refractivity contribution in [1.29, 1.82) is 0 Å². The van der Waals surface area contributed by atoms with Crippen molar-refractivity contribution < 1.29 is 13.9 Å². The number of thiophene rings is 1. The number of rotatable bonds is 3. The Hall–Kier alpha value is -3.25. The highest BCUT2D eigenvalue weighted by Gasteiger charge is 2.19. The summed E-state index contributed by atoms with van der Waals surface area (Å²) in [6.45, 7) is 3.49. The Bertz CT molecular complexity index is 1190. The third kappa shape index (κ3) is 3.15. The highest BCUT2D eigenvalue weighted by molar-refractivity contribution is 7.13. The highest BCUT2D eigenvalue weighted by atomic mass is 32.1. The first kappa shape index (κ1) is 17.2. The SMILES string of the molecule is Cc1oc(C)c2c(=O)cc(-c3cccs3)cc(OC(=O)c3ccncc3)c12. The Balaban J connectivity index is 1.96. The first-order chi connectivity index (χ1) is 13.0. The van der Waals surface area contributed by atoms with Gasteiger partial charge in [0.05, 0.1) is 16.3 Å². The van der Waals surface area contributed by atoms with Crippen LogP contribution >= 0.6 is 11.3 Å². The van der Waals surface area contributed by atoms with E-state index in [9.17, 15) is 9.59 Å². The van der Waals surface area contributed by atoms with Crippen molar-refractivity contribution >= 4 is 28.1 Å². The highest BCUT2D eigenvalue weighted by Crippen LogP contribution is 2.34.